The molecule has 0 aliphatic heterocycles. The first-order chi connectivity index (χ1) is 10.6. The summed E-state index contributed by atoms with van der Waals surface area (Å²) < 4.78 is 28.1. The Balaban J connectivity index is 2.94. The van der Waals surface area contributed by atoms with Gasteiger partial charge in [-0.1, -0.05) is 6.07 Å². The molecule has 0 heterocycles. The largest absolute Gasteiger partial charge is 0.449 e. The molecule has 9 heteroatoms. The van der Waals surface area contributed by atoms with Crippen LogP contribution in [0.5, 0.6) is 0 Å². The maximum Gasteiger partial charge on any atom is 0.339 e. The molecule has 2 N–H and O–H groups in total. The summed E-state index contributed by atoms with van der Waals surface area (Å²) in [6.45, 7) is 2.91. The molecule has 0 saturated heterocycles. The van der Waals surface area contributed by atoms with Crippen molar-refractivity contribution in [1.29, 1.82) is 0 Å². The average molecular weight is 342 g/mol. The van der Waals surface area contributed by atoms with Crippen LogP contribution < -0.4 is 10.6 Å². The first kappa shape index (κ1) is 18.6. The molecule has 0 aliphatic rings. The summed E-state index contributed by atoms with van der Waals surface area (Å²) in [4.78, 5) is 34.8. The van der Waals surface area contributed by atoms with Crippen molar-refractivity contribution in [2.24, 2.45) is 0 Å². The van der Waals surface area contributed by atoms with Gasteiger partial charge in [0, 0.05) is 13.3 Å². The lowest BCUT2D eigenvalue weighted by Gasteiger charge is -2.14. The van der Waals surface area contributed by atoms with Crippen LogP contribution in [0.4, 0.5) is 4.79 Å². The zero-order valence-electron chi connectivity index (χ0n) is 13.2. The summed E-state index contributed by atoms with van der Waals surface area (Å²) in [5.41, 5.74) is 0.536. The van der Waals surface area contributed by atoms with Gasteiger partial charge in [0.2, 0.25) is 0 Å². The first-order valence-electron chi connectivity index (χ1n) is 6.60. The Morgan fingerprint density at radius 3 is 2.35 bits per heavy atom. The molecule has 1 aromatic rings. The van der Waals surface area contributed by atoms with E-state index in [1.54, 1.807) is 6.92 Å². The molecule has 0 fully saturated rings. The van der Waals surface area contributed by atoms with Crippen LogP contribution >= 0.6 is 0 Å². The molecule has 126 valence electrons. The topological polar surface area (TPSA) is 119 Å². The van der Waals surface area contributed by atoms with E-state index in [0.29, 0.717) is 5.56 Å². The molecule has 3 amide bonds. The Morgan fingerprint density at radius 2 is 1.83 bits per heavy atom. The summed E-state index contributed by atoms with van der Waals surface area (Å²) >= 11 is 0. The van der Waals surface area contributed by atoms with Crippen LogP contribution in [0.15, 0.2) is 23.1 Å². The van der Waals surface area contributed by atoms with Crippen LogP contribution in [0.1, 0.15) is 22.8 Å². The van der Waals surface area contributed by atoms with Crippen molar-refractivity contribution in [3.05, 3.63) is 29.3 Å². The number of imide groups is 1. The van der Waals surface area contributed by atoms with Crippen molar-refractivity contribution in [2.45, 2.75) is 24.8 Å². The minimum Gasteiger partial charge on any atom is -0.449 e. The molecular weight excluding hydrogens is 324 g/mol. The van der Waals surface area contributed by atoms with E-state index in [4.69, 9.17) is 4.74 Å². The zero-order valence-corrected chi connectivity index (χ0v) is 14.0. The number of nitrogens with one attached hydrogen (secondary N) is 2. The van der Waals surface area contributed by atoms with Gasteiger partial charge >= 0.3 is 12.0 Å². The Kier molecular flexibility index (Phi) is 5.85. The number of urea groups is 1. The zero-order chi connectivity index (χ0) is 17.8. The summed E-state index contributed by atoms with van der Waals surface area (Å²) in [7, 11) is -2.15. The lowest BCUT2D eigenvalue weighted by atomic mass is 10.1. The second-order valence-corrected chi connectivity index (χ2v) is 6.88. The van der Waals surface area contributed by atoms with Gasteiger partial charge in [0.05, 0.1) is 10.5 Å². The van der Waals surface area contributed by atoms with E-state index < -0.39 is 33.8 Å². The van der Waals surface area contributed by atoms with E-state index in [2.05, 4.69) is 5.32 Å². The van der Waals surface area contributed by atoms with Crippen LogP contribution in [0.25, 0.3) is 0 Å². The van der Waals surface area contributed by atoms with Gasteiger partial charge in [-0.05, 0) is 31.5 Å². The number of rotatable bonds is 4. The van der Waals surface area contributed by atoms with E-state index in [0.717, 1.165) is 6.26 Å². The van der Waals surface area contributed by atoms with E-state index in [1.165, 1.54) is 32.2 Å². The van der Waals surface area contributed by atoms with Crippen LogP contribution in [0, 0.1) is 6.92 Å². The molecular formula is C14H18N2O6S. The molecule has 1 rings (SSSR count). The third-order valence-electron chi connectivity index (χ3n) is 2.97. The van der Waals surface area contributed by atoms with Gasteiger partial charge in [-0.3, -0.25) is 10.1 Å². The molecule has 8 nitrogen and oxygen atoms in total. The number of amides is 3. The number of sulfone groups is 1. The smallest absolute Gasteiger partial charge is 0.339 e. The van der Waals surface area contributed by atoms with Gasteiger partial charge < -0.3 is 10.1 Å². The first-order valence-corrected chi connectivity index (χ1v) is 8.49. The molecule has 0 bridgehead atoms. The highest BCUT2D eigenvalue weighted by molar-refractivity contribution is 7.90. The number of aryl methyl sites for hydroxylation is 1. The number of hydrogen-bond acceptors (Lipinski definition) is 6. The SMILES string of the molecule is CNC(=O)NC(=O)[C@H](C)OC(=O)c1cc(S(C)(=O)=O)ccc1C. The summed E-state index contributed by atoms with van der Waals surface area (Å²) in [5.74, 6) is -1.65. The number of hydrogen-bond donors (Lipinski definition) is 2. The second-order valence-electron chi connectivity index (χ2n) is 4.86. The molecule has 0 saturated carbocycles. The highest BCUT2D eigenvalue weighted by Crippen LogP contribution is 2.17. The Bertz CT molecular complexity index is 742. The van der Waals surface area contributed by atoms with Crippen molar-refractivity contribution < 1.29 is 27.5 Å². The lowest BCUT2D eigenvalue weighted by molar-refractivity contribution is -0.127. The third-order valence-corrected chi connectivity index (χ3v) is 4.08. The number of carbonyl (C=O) groups excluding carboxylic acids is 3. The Labute approximate surface area is 134 Å². The molecule has 23 heavy (non-hydrogen) atoms. The van der Waals surface area contributed by atoms with Crippen molar-refractivity contribution in [1.82, 2.24) is 10.6 Å². The summed E-state index contributed by atoms with van der Waals surface area (Å²) in [6, 6.07) is 3.31. The van der Waals surface area contributed by atoms with Crippen LogP contribution in [-0.4, -0.2) is 45.7 Å². The van der Waals surface area contributed by atoms with Gasteiger partial charge in [-0.25, -0.2) is 18.0 Å². The Morgan fingerprint density at radius 1 is 1.22 bits per heavy atom. The maximum absolute atomic E-state index is 12.1. The fraction of sp³-hybridized carbons (Fsp3) is 0.357. The fourth-order valence-corrected chi connectivity index (χ4v) is 2.25. The van der Waals surface area contributed by atoms with Gasteiger partial charge in [-0.2, -0.15) is 0 Å². The minimum atomic E-state index is -3.48. The highest BCUT2D eigenvalue weighted by Gasteiger charge is 2.22. The second kappa shape index (κ2) is 7.23. The number of benzene rings is 1. The number of esters is 1. The van der Waals surface area contributed by atoms with Gasteiger partial charge in [-0.15, -0.1) is 0 Å². The van der Waals surface area contributed by atoms with Crippen LogP contribution in [0.2, 0.25) is 0 Å². The summed E-state index contributed by atoms with van der Waals surface area (Å²) in [6.07, 6.45) is -0.201. The number of ether oxygens (including phenoxy) is 1. The Hall–Kier alpha value is -2.42. The van der Waals surface area contributed by atoms with Crippen LogP contribution in [-0.2, 0) is 19.4 Å². The number of carbonyl (C=O) groups is 3. The van der Waals surface area contributed by atoms with Crippen molar-refractivity contribution in [3.63, 3.8) is 0 Å². The molecule has 1 atom stereocenters. The average Bonchev–Trinajstić information content (AvgIpc) is 2.45. The van der Waals surface area contributed by atoms with Crippen molar-refractivity contribution in [2.75, 3.05) is 13.3 Å². The third kappa shape index (κ3) is 5.06. The standard InChI is InChI=1S/C14H18N2O6S/c1-8-5-6-10(23(4,20)21)7-11(8)13(18)22-9(2)12(17)16-14(19)15-3/h5-7,9H,1-4H3,(H2,15,16,17,19)/t9-/m0/s1. The molecule has 0 aliphatic carbocycles. The molecule has 0 aromatic heterocycles. The van der Waals surface area contributed by atoms with Gasteiger partial charge in [0.1, 0.15) is 0 Å². The van der Waals surface area contributed by atoms with E-state index in [1.807, 2.05) is 5.32 Å². The minimum absolute atomic E-state index is 0.0301. The quantitative estimate of drug-likeness (QED) is 0.765. The van der Waals surface area contributed by atoms with Crippen molar-refractivity contribution in [3.8, 4) is 0 Å². The monoisotopic (exact) mass is 342 g/mol. The molecule has 0 unspecified atom stereocenters. The molecule has 1 aromatic carbocycles. The lowest BCUT2D eigenvalue weighted by Crippen LogP contribution is -2.43. The highest BCUT2D eigenvalue weighted by atomic mass is 32.2. The van der Waals surface area contributed by atoms with Gasteiger partial charge in [0.15, 0.2) is 15.9 Å². The predicted octanol–water partition coefficient (Wildman–Crippen LogP) is 0.399. The summed E-state index contributed by atoms with van der Waals surface area (Å²) in [5, 5.41) is 4.17. The maximum atomic E-state index is 12.1. The van der Waals surface area contributed by atoms with Crippen molar-refractivity contribution >= 4 is 27.7 Å². The van der Waals surface area contributed by atoms with E-state index in [9.17, 15) is 22.8 Å². The van der Waals surface area contributed by atoms with E-state index in [-0.39, 0.29) is 10.5 Å². The molecule has 0 spiro atoms. The normalized spacial score (nSPS) is 12.2. The van der Waals surface area contributed by atoms with Gasteiger partial charge in [0.25, 0.3) is 5.91 Å². The predicted molar refractivity (Wildman–Crippen MR) is 81.8 cm³/mol. The molecule has 0 radical (unpaired) electrons. The fourth-order valence-electron chi connectivity index (χ4n) is 1.61. The van der Waals surface area contributed by atoms with E-state index >= 15 is 0 Å². The van der Waals surface area contributed by atoms with Crippen LogP contribution in [0.3, 0.4) is 0 Å².